The van der Waals surface area contributed by atoms with Crippen molar-refractivity contribution in [1.29, 1.82) is 0 Å². The molecule has 0 radical (unpaired) electrons. The maximum atomic E-state index is 12.7. The number of anilines is 2. The number of hydrogen-bond acceptors (Lipinski definition) is 6. The van der Waals surface area contributed by atoms with E-state index in [9.17, 15) is 8.42 Å². The molecule has 0 aliphatic heterocycles. The molecule has 21 heavy (non-hydrogen) atoms. The van der Waals surface area contributed by atoms with E-state index in [2.05, 4.69) is 20.1 Å². The first kappa shape index (κ1) is 13.9. The van der Waals surface area contributed by atoms with Crippen LogP contribution in [0.3, 0.4) is 0 Å². The Kier molecular flexibility index (Phi) is 3.33. The number of aromatic nitrogens is 4. The van der Waals surface area contributed by atoms with Crippen LogP contribution in [0.25, 0.3) is 4.96 Å². The molecule has 3 aromatic rings. The van der Waals surface area contributed by atoms with Crippen LogP contribution < -0.4 is 10.0 Å². The minimum atomic E-state index is -3.78. The number of imidazole rings is 1. The van der Waals surface area contributed by atoms with E-state index in [1.165, 1.54) is 22.2 Å². The van der Waals surface area contributed by atoms with Crippen molar-refractivity contribution in [2.45, 2.75) is 11.9 Å². The number of fused-ring (bicyclic) bond motifs is 1. The second kappa shape index (κ2) is 5.04. The van der Waals surface area contributed by atoms with E-state index in [1.54, 1.807) is 29.1 Å². The molecule has 0 unspecified atom stereocenters. The smallest absolute Gasteiger partial charge is 0.282 e. The van der Waals surface area contributed by atoms with Crippen LogP contribution in [-0.4, -0.2) is 34.1 Å². The van der Waals surface area contributed by atoms with Gasteiger partial charge in [-0.05, 0) is 6.92 Å². The number of sulfonamides is 1. The topological polar surface area (TPSA) is 93.3 Å². The van der Waals surface area contributed by atoms with Gasteiger partial charge in [-0.1, -0.05) is 0 Å². The van der Waals surface area contributed by atoms with Crippen LogP contribution in [-0.2, 0) is 17.1 Å². The Morgan fingerprint density at radius 3 is 2.90 bits per heavy atom. The summed E-state index contributed by atoms with van der Waals surface area (Å²) in [5.41, 5.74) is 0. The van der Waals surface area contributed by atoms with Crippen LogP contribution in [0, 0.1) is 0 Å². The maximum Gasteiger partial charge on any atom is 0.282 e. The monoisotopic (exact) mass is 326 g/mol. The van der Waals surface area contributed by atoms with Gasteiger partial charge in [0.25, 0.3) is 10.0 Å². The van der Waals surface area contributed by atoms with Gasteiger partial charge in [0.2, 0.25) is 5.03 Å². The van der Waals surface area contributed by atoms with E-state index >= 15 is 0 Å². The van der Waals surface area contributed by atoms with E-state index in [-0.39, 0.29) is 5.03 Å². The number of nitrogens with zero attached hydrogens (tertiary/aromatic N) is 4. The van der Waals surface area contributed by atoms with E-state index in [1.807, 2.05) is 6.92 Å². The molecular weight excluding hydrogens is 312 g/mol. The lowest BCUT2D eigenvalue weighted by Gasteiger charge is -2.09. The second-order valence-corrected chi connectivity index (χ2v) is 6.77. The van der Waals surface area contributed by atoms with Crippen molar-refractivity contribution in [1.82, 2.24) is 19.2 Å². The van der Waals surface area contributed by atoms with Gasteiger partial charge in [-0.25, -0.2) is 4.98 Å². The molecule has 10 heteroatoms. The third-order valence-electron chi connectivity index (χ3n) is 2.88. The SMILES string of the molecule is CCNc1nc2sccn2c1S(=O)(=O)Nc1ccnn1C. The Balaban J connectivity index is 2.11. The number of thiazole rings is 1. The highest BCUT2D eigenvalue weighted by molar-refractivity contribution is 7.92. The molecule has 0 saturated carbocycles. The highest BCUT2D eigenvalue weighted by Crippen LogP contribution is 2.27. The summed E-state index contributed by atoms with van der Waals surface area (Å²) >= 11 is 1.38. The molecule has 0 saturated heterocycles. The van der Waals surface area contributed by atoms with Crippen LogP contribution in [0.5, 0.6) is 0 Å². The molecule has 0 aromatic carbocycles. The minimum Gasteiger partial charge on any atom is -0.368 e. The molecule has 0 fully saturated rings. The molecule has 0 aliphatic carbocycles. The number of nitrogens with one attached hydrogen (secondary N) is 2. The molecular formula is C11H14N6O2S2. The summed E-state index contributed by atoms with van der Waals surface area (Å²) in [6.45, 7) is 2.47. The molecule has 3 rings (SSSR count). The zero-order chi connectivity index (χ0) is 15.0. The summed E-state index contributed by atoms with van der Waals surface area (Å²) in [7, 11) is -2.11. The van der Waals surface area contributed by atoms with Gasteiger partial charge in [0.05, 0.1) is 6.20 Å². The van der Waals surface area contributed by atoms with Gasteiger partial charge in [-0.2, -0.15) is 13.5 Å². The Bertz CT molecular complexity index is 876. The van der Waals surface area contributed by atoms with Gasteiger partial charge >= 0.3 is 0 Å². The van der Waals surface area contributed by atoms with Crippen LogP contribution in [0.2, 0.25) is 0 Å². The molecule has 3 heterocycles. The summed E-state index contributed by atoms with van der Waals surface area (Å²) in [6.07, 6.45) is 3.21. The van der Waals surface area contributed by atoms with Gasteiger partial charge in [-0.3, -0.25) is 13.8 Å². The first-order valence-electron chi connectivity index (χ1n) is 6.23. The molecule has 3 aromatic heterocycles. The third-order valence-corrected chi connectivity index (χ3v) is 5.01. The van der Waals surface area contributed by atoms with Crippen LogP contribution in [0.4, 0.5) is 11.6 Å². The van der Waals surface area contributed by atoms with Crippen molar-refractivity contribution in [3.8, 4) is 0 Å². The normalized spacial score (nSPS) is 11.9. The van der Waals surface area contributed by atoms with Crippen molar-refractivity contribution in [2.24, 2.45) is 7.05 Å². The predicted octanol–water partition coefficient (Wildman–Crippen LogP) is 1.36. The van der Waals surface area contributed by atoms with Crippen molar-refractivity contribution >= 4 is 38.0 Å². The summed E-state index contributed by atoms with van der Waals surface area (Å²) in [5, 5.41) is 8.82. The van der Waals surface area contributed by atoms with E-state index < -0.39 is 10.0 Å². The molecule has 0 bridgehead atoms. The van der Waals surface area contributed by atoms with E-state index in [4.69, 9.17) is 0 Å². The maximum absolute atomic E-state index is 12.7. The van der Waals surface area contributed by atoms with Crippen molar-refractivity contribution in [3.63, 3.8) is 0 Å². The van der Waals surface area contributed by atoms with Gasteiger partial charge in [0, 0.05) is 31.2 Å². The highest BCUT2D eigenvalue weighted by atomic mass is 32.2. The lowest BCUT2D eigenvalue weighted by molar-refractivity contribution is 0.596. The minimum absolute atomic E-state index is 0.0989. The average molecular weight is 326 g/mol. The Morgan fingerprint density at radius 2 is 2.24 bits per heavy atom. The molecule has 0 atom stereocenters. The fourth-order valence-corrected chi connectivity index (χ4v) is 4.09. The molecule has 0 aliphatic rings. The quantitative estimate of drug-likeness (QED) is 0.738. The fraction of sp³-hybridized carbons (Fsp3) is 0.273. The first-order valence-corrected chi connectivity index (χ1v) is 8.59. The molecule has 8 nitrogen and oxygen atoms in total. The Labute approximate surface area is 125 Å². The molecule has 112 valence electrons. The molecule has 2 N–H and O–H groups in total. The zero-order valence-electron chi connectivity index (χ0n) is 11.4. The number of rotatable bonds is 5. The number of hydrogen-bond donors (Lipinski definition) is 2. The highest BCUT2D eigenvalue weighted by Gasteiger charge is 2.26. The Morgan fingerprint density at radius 1 is 1.43 bits per heavy atom. The van der Waals surface area contributed by atoms with Crippen molar-refractivity contribution < 1.29 is 8.42 Å². The standard InChI is InChI=1S/C11H14N6O2S2/c1-3-12-9-10(17-6-7-20-11(17)14-9)21(18,19)15-8-4-5-13-16(8)2/h4-7,12,15H,3H2,1-2H3. The lowest BCUT2D eigenvalue weighted by atomic mass is 10.6. The average Bonchev–Trinajstić information content (AvgIpc) is 3.06. The molecule has 0 spiro atoms. The summed E-state index contributed by atoms with van der Waals surface area (Å²) in [6, 6.07) is 1.59. The van der Waals surface area contributed by atoms with E-state index in [0.717, 1.165) is 0 Å². The Hall–Kier alpha value is -2.07. The predicted molar refractivity (Wildman–Crippen MR) is 81.2 cm³/mol. The summed E-state index contributed by atoms with van der Waals surface area (Å²) in [4.78, 5) is 4.93. The van der Waals surface area contributed by atoms with Crippen molar-refractivity contribution in [3.05, 3.63) is 23.8 Å². The van der Waals surface area contributed by atoms with Crippen LogP contribution in [0.1, 0.15) is 6.92 Å². The van der Waals surface area contributed by atoms with E-state index in [0.29, 0.717) is 23.1 Å². The largest absolute Gasteiger partial charge is 0.368 e. The molecule has 0 amide bonds. The van der Waals surface area contributed by atoms with Crippen LogP contribution in [0.15, 0.2) is 28.9 Å². The second-order valence-electron chi connectivity index (χ2n) is 4.30. The first-order chi connectivity index (χ1) is 10.0. The number of aryl methyl sites for hydroxylation is 1. The van der Waals surface area contributed by atoms with Crippen LogP contribution >= 0.6 is 11.3 Å². The van der Waals surface area contributed by atoms with Gasteiger partial charge in [0.15, 0.2) is 10.8 Å². The fourth-order valence-electron chi connectivity index (χ4n) is 1.96. The summed E-state index contributed by atoms with van der Waals surface area (Å²) < 4.78 is 30.9. The summed E-state index contributed by atoms with van der Waals surface area (Å²) in [5.74, 6) is 0.738. The zero-order valence-corrected chi connectivity index (χ0v) is 13.1. The van der Waals surface area contributed by atoms with Gasteiger partial charge in [-0.15, -0.1) is 11.3 Å². The van der Waals surface area contributed by atoms with Crippen molar-refractivity contribution in [2.75, 3.05) is 16.6 Å². The third kappa shape index (κ3) is 2.36. The van der Waals surface area contributed by atoms with Gasteiger partial charge < -0.3 is 5.32 Å². The lowest BCUT2D eigenvalue weighted by Crippen LogP contribution is -2.18. The van der Waals surface area contributed by atoms with Gasteiger partial charge in [0.1, 0.15) is 5.82 Å².